The molecule has 0 N–H and O–H groups in total. The molecule has 0 aliphatic rings. The minimum absolute atomic E-state index is 0.0699. The van der Waals surface area contributed by atoms with Gasteiger partial charge in [0.05, 0.1) is 0 Å². The molecule has 0 radical (unpaired) electrons. The molecule has 0 spiro atoms. The van der Waals surface area contributed by atoms with E-state index in [1.165, 1.54) is 212 Å². The van der Waals surface area contributed by atoms with E-state index in [-0.39, 0.29) is 31.1 Å². The molecule has 0 rings (SSSR count). The number of hydrogen-bond acceptors (Lipinski definition) is 6. The third kappa shape index (κ3) is 53.1. The number of allylic oxidation sites excluding steroid dienone is 2. The fourth-order valence-electron chi connectivity index (χ4n) is 9.04. The largest absolute Gasteiger partial charge is 0.462 e. The first kappa shape index (κ1) is 64.2. The highest BCUT2D eigenvalue weighted by Crippen LogP contribution is 2.18. The third-order valence-electron chi connectivity index (χ3n) is 13.5. The Morgan fingerprint density at radius 2 is 0.530 bits per heavy atom. The van der Waals surface area contributed by atoms with Crippen LogP contribution >= 0.6 is 0 Å². The van der Waals surface area contributed by atoms with Crippen LogP contribution in [0.2, 0.25) is 0 Å². The Morgan fingerprint density at radius 3 is 0.818 bits per heavy atom. The van der Waals surface area contributed by atoms with Crippen LogP contribution in [0.25, 0.3) is 0 Å². The molecule has 0 bridgehead atoms. The highest BCUT2D eigenvalue weighted by atomic mass is 16.6. The van der Waals surface area contributed by atoms with E-state index < -0.39 is 6.10 Å². The summed E-state index contributed by atoms with van der Waals surface area (Å²) >= 11 is 0. The molecule has 0 aromatic carbocycles. The standard InChI is InChI=1S/C60H114O6/c1-4-7-10-13-15-17-19-20-21-22-23-24-25-26-27-28-29-30-31-32-33-34-35-36-37-38-39-40-41-43-44-47-50-53-59(62)65-56-57(55-64-58(61)52-49-46-12-9-6-3)66-60(63)54-51-48-45-42-18-16-14-11-8-5-2/h11,14,57H,4-10,12-13,15-56H2,1-3H3/b14-11-. The molecule has 6 heteroatoms. The van der Waals surface area contributed by atoms with Gasteiger partial charge in [-0.3, -0.25) is 14.4 Å². The van der Waals surface area contributed by atoms with Gasteiger partial charge >= 0.3 is 17.9 Å². The van der Waals surface area contributed by atoms with Crippen LogP contribution in [0.4, 0.5) is 0 Å². The Morgan fingerprint density at radius 1 is 0.288 bits per heavy atom. The molecule has 0 saturated carbocycles. The lowest BCUT2D eigenvalue weighted by Gasteiger charge is -2.18. The van der Waals surface area contributed by atoms with Gasteiger partial charge in [-0.2, -0.15) is 0 Å². The minimum atomic E-state index is -0.765. The van der Waals surface area contributed by atoms with Crippen molar-refractivity contribution in [1.82, 2.24) is 0 Å². The molecular weight excluding hydrogens is 817 g/mol. The molecule has 66 heavy (non-hydrogen) atoms. The van der Waals surface area contributed by atoms with Crippen LogP contribution in [0.1, 0.15) is 335 Å². The topological polar surface area (TPSA) is 78.9 Å². The second-order valence-corrected chi connectivity index (χ2v) is 20.3. The number of carbonyl (C=O) groups is 3. The van der Waals surface area contributed by atoms with Crippen molar-refractivity contribution in [2.24, 2.45) is 0 Å². The van der Waals surface area contributed by atoms with Crippen LogP contribution in [0.3, 0.4) is 0 Å². The molecule has 0 heterocycles. The molecule has 0 amide bonds. The summed E-state index contributed by atoms with van der Waals surface area (Å²) in [6.45, 7) is 6.53. The van der Waals surface area contributed by atoms with Crippen molar-refractivity contribution >= 4 is 17.9 Å². The lowest BCUT2D eigenvalue weighted by molar-refractivity contribution is -0.167. The molecule has 1 atom stereocenters. The first-order valence-electron chi connectivity index (χ1n) is 29.7. The van der Waals surface area contributed by atoms with E-state index in [9.17, 15) is 14.4 Å². The zero-order valence-corrected chi connectivity index (χ0v) is 44.7. The number of ether oxygens (including phenoxy) is 3. The second-order valence-electron chi connectivity index (χ2n) is 20.3. The normalized spacial score (nSPS) is 12.0. The van der Waals surface area contributed by atoms with E-state index in [4.69, 9.17) is 14.2 Å². The maximum absolute atomic E-state index is 12.7. The summed E-state index contributed by atoms with van der Waals surface area (Å²) in [4.78, 5) is 37.6. The third-order valence-corrected chi connectivity index (χ3v) is 13.5. The van der Waals surface area contributed by atoms with Crippen LogP contribution in [0.15, 0.2) is 12.2 Å². The van der Waals surface area contributed by atoms with E-state index in [0.29, 0.717) is 19.3 Å². The van der Waals surface area contributed by atoms with Crippen molar-refractivity contribution in [2.75, 3.05) is 13.2 Å². The van der Waals surface area contributed by atoms with E-state index >= 15 is 0 Å². The second kappa shape index (κ2) is 55.7. The first-order valence-corrected chi connectivity index (χ1v) is 29.7. The lowest BCUT2D eigenvalue weighted by atomic mass is 10.0. The number of unbranched alkanes of at least 4 members (excludes halogenated alkanes) is 42. The maximum atomic E-state index is 12.7. The molecule has 1 unspecified atom stereocenters. The molecule has 6 nitrogen and oxygen atoms in total. The molecule has 0 fully saturated rings. The summed E-state index contributed by atoms with van der Waals surface area (Å²) < 4.78 is 16.6. The van der Waals surface area contributed by atoms with Crippen LogP contribution < -0.4 is 0 Å². The summed E-state index contributed by atoms with van der Waals surface area (Å²) in [6, 6.07) is 0. The first-order chi connectivity index (χ1) is 32.5. The van der Waals surface area contributed by atoms with E-state index in [1.54, 1.807) is 0 Å². The number of hydrogen-bond donors (Lipinski definition) is 0. The summed E-state index contributed by atoms with van der Waals surface area (Å²) in [5.41, 5.74) is 0. The van der Waals surface area contributed by atoms with Gasteiger partial charge in [0, 0.05) is 19.3 Å². The highest BCUT2D eigenvalue weighted by molar-refractivity contribution is 5.71. The van der Waals surface area contributed by atoms with Crippen molar-refractivity contribution in [1.29, 1.82) is 0 Å². The molecule has 0 aliphatic carbocycles. The molecule has 390 valence electrons. The Kier molecular flexibility index (Phi) is 54.2. The lowest BCUT2D eigenvalue weighted by Crippen LogP contribution is -2.30. The number of rotatable bonds is 55. The average molecular weight is 932 g/mol. The Labute approximate surface area is 411 Å². The van der Waals surface area contributed by atoms with Gasteiger partial charge in [-0.1, -0.05) is 290 Å². The van der Waals surface area contributed by atoms with Gasteiger partial charge in [0.25, 0.3) is 0 Å². The van der Waals surface area contributed by atoms with Gasteiger partial charge in [0.2, 0.25) is 0 Å². The van der Waals surface area contributed by atoms with E-state index in [1.807, 2.05) is 0 Å². The van der Waals surface area contributed by atoms with Gasteiger partial charge in [0.1, 0.15) is 13.2 Å². The van der Waals surface area contributed by atoms with Crippen molar-refractivity contribution in [2.45, 2.75) is 341 Å². The monoisotopic (exact) mass is 931 g/mol. The minimum Gasteiger partial charge on any atom is -0.462 e. The average Bonchev–Trinajstić information content (AvgIpc) is 3.31. The maximum Gasteiger partial charge on any atom is 0.306 e. The van der Waals surface area contributed by atoms with Crippen LogP contribution in [0, 0.1) is 0 Å². The Bertz CT molecular complexity index is 1020. The zero-order valence-electron chi connectivity index (χ0n) is 44.7. The van der Waals surface area contributed by atoms with Crippen molar-refractivity contribution in [3.63, 3.8) is 0 Å². The molecule has 0 aliphatic heterocycles. The van der Waals surface area contributed by atoms with Crippen LogP contribution in [0.5, 0.6) is 0 Å². The molecular formula is C60H114O6. The van der Waals surface area contributed by atoms with Gasteiger partial charge in [-0.15, -0.1) is 0 Å². The summed E-state index contributed by atoms with van der Waals surface area (Å²) in [7, 11) is 0. The Balaban J connectivity index is 3.77. The van der Waals surface area contributed by atoms with Crippen molar-refractivity contribution in [3.05, 3.63) is 12.2 Å². The highest BCUT2D eigenvalue weighted by Gasteiger charge is 2.19. The zero-order chi connectivity index (χ0) is 47.9. The SMILES string of the molecule is CCC/C=C\CCCCCCCC(=O)OC(COC(=O)CCCCCCC)COC(=O)CCCCCCCCCCCCCCCCCCCCCCCCCCCCCCCCCCC. The Hall–Kier alpha value is -1.85. The van der Waals surface area contributed by atoms with Gasteiger partial charge < -0.3 is 14.2 Å². The summed E-state index contributed by atoms with van der Waals surface area (Å²) in [5.74, 6) is -0.880. The smallest absolute Gasteiger partial charge is 0.306 e. The van der Waals surface area contributed by atoms with Crippen LogP contribution in [-0.2, 0) is 28.6 Å². The van der Waals surface area contributed by atoms with E-state index in [2.05, 4.69) is 32.9 Å². The van der Waals surface area contributed by atoms with Crippen molar-refractivity contribution in [3.8, 4) is 0 Å². The van der Waals surface area contributed by atoms with Gasteiger partial charge in [-0.05, 0) is 38.5 Å². The predicted molar refractivity (Wildman–Crippen MR) is 284 cm³/mol. The van der Waals surface area contributed by atoms with Crippen molar-refractivity contribution < 1.29 is 28.6 Å². The van der Waals surface area contributed by atoms with E-state index in [0.717, 1.165) is 83.5 Å². The fraction of sp³-hybridized carbons (Fsp3) is 0.917. The number of esters is 3. The summed E-state index contributed by atoms with van der Waals surface area (Å²) in [6.07, 6.45) is 64.5. The van der Waals surface area contributed by atoms with Gasteiger partial charge in [0.15, 0.2) is 6.10 Å². The number of carbonyl (C=O) groups excluding carboxylic acids is 3. The molecule has 0 aromatic heterocycles. The predicted octanol–water partition coefficient (Wildman–Crippen LogP) is 19.7. The molecule has 0 saturated heterocycles. The molecule has 0 aromatic rings. The fourth-order valence-corrected chi connectivity index (χ4v) is 9.04. The van der Waals surface area contributed by atoms with Gasteiger partial charge in [-0.25, -0.2) is 0 Å². The summed E-state index contributed by atoms with van der Waals surface area (Å²) in [5, 5.41) is 0. The quantitative estimate of drug-likeness (QED) is 0.0262. The van der Waals surface area contributed by atoms with Crippen LogP contribution in [-0.4, -0.2) is 37.2 Å².